The summed E-state index contributed by atoms with van der Waals surface area (Å²) in [6.45, 7) is 0.284. The minimum Gasteiger partial charge on any atom is -0.255 e. The summed E-state index contributed by atoms with van der Waals surface area (Å²) < 4.78 is 28.3. The minimum absolute atomic E-state index is 0.00552. The molecule has 0 aliphatic carbocycles. The summed E-state index contributed by atoms with van der Waals surface area (Å²) in [5.41, 5.74) is 0.918. The highest BCUT2D eigenvalue weighted by molar-refractivity contribution is 9.11. The molecule has 0 saturated heterocycles. The molecule has 0 aliphatic heterocycles. The van der Waals surface area contributed by atoms with Crippen molar-refractivity contribution in [2.24, 2.45) is 7.05 Å². The molecule has 0 aliphatic rings. The molecule has 2 aromatic rings. The summed E-state index contributed by atoms with van der Waals surface area (Å²) in [5.74, 6) is 0. The SMILES string of the molecule is CN(Cc1csc(Br)c1)S(=O)(=O)c1c(Cl)cnn1C. The Morgan fingerprint density at radius 2 is 2.26 bits per heavy atom. The van der Waals surface area contributed by atoms with E-state index in [1.807, 2.05) is 11.4 Å². The largest absolute Gasteiger partial charge is 0.261 e. The van der Waals surface area contributed by atoms with E-state index < -0.39 is 10.0 Å². The maximum absolute atomic E-state index is 12.4. The van der Waals surface area contributed by atoms with Gasteiger partial charge in [-0.1, -0.05) is 11.6 Å². The van der Waals surface area contributed by atoms with Gasteiger partial charge in [0, 0.05) is 20.6 Å². The highest BCUT2D eigenvalue weighted by atomic mass is 79.9. The van der Waals surface area contributed by atoms with Crippen LogP contribution in [-0.2, 0) is 23.6 Å². The van der Waals surface area contributed by atoms with Gasteiger partial charge in [-0.3, -0.25) is 4.68 Å². The highest BCUT2D eigenvalue weighted by Crippen LogP contribution is 2.26. The Bertz CT molecular complexity index is 676. The number of thiophene rings is 1. The smallest absolute Gasteiger partial charge is 0.255 e. The summed E-state index contributed by atoms with van der Waals surface area (Å²) >= 11 is 10.7. The second-order valence-corrected chi connectivity index (χ2v) is 8.60. The molecule has 0 spiro atoms. The van der Waals surface area contributed by atoms with Crippen LogP contribution < -0.4 is 0 Å². The average molecular weight is 385 g/mol. The molecule has 2 rings (SSSR count). The summed E-state index contributed by atoms with van der Waals surface area (Å²) in [7, 11) is -0.587. The number of aromatic nitrogens is 2. The summed E-state index contributed by atoms with van der Waals surface area (Å²) in [6.07, 6.45) is 1.32. The van der Waals surface area contributed by atoms with Crippen LogP contribution in [0.3, 0.4) is 0 Å². The molecule has 5 nitrogen and oxygen atoms in total. The highest BCUT2D eigenvalue weighted by Gasteiger charge is 2.27. The van der Waals surface area contributed by atoms with E-state index in [2.05, 4.69) is 21.0 Å². The van der Waals surface area contributed by atoms with Crippen molar-refractivity contribution in [3.05, 3.63) is 32.0 Å². The van der Waals surface area contributed by atoms with Crippen LogP contribution in [0.5, 0.6) is 0 Å². The molecule has 0 radical (unpaired) electrons. The first-order valence-electron chi connectivity index (χ1n) is 5.19. The first kappa shape index (κ1) is 15.0. The molecule has 19 heavy (non-hydrogen) atoms. The molecular weight excluding hydrogens is 374 g/mol. The standard InChI is InChI=1S/C10H11BrClN3O2S2/c1-14(5-7-3-9(11)18-6-7)19(16,17)10-8(12)4-13-15(10)2/h3-4,6H,5H2,1-2H3. The van der Waals surface area contributed by atoms with Gasteiger partial charge in [0.1, 0.15) is 0 Å². The lowest BCUT2D eigenvalue weighted by Crippen LogP contribution is -2.28. The van der Waals surface area contributed by atoms with Gasteiger partial charge in [0.2, 0.25) is 0 Å². The van der Waals surface area contributed by atoms with Crippen LogP contribution in [0.2, 0.25) is 5.02 Å². The Labute approximate surface area is 129 Å². The number of hydrogen-bond donors (Lipinski definition) is 0. The molecule has 0 bridgehead atoms. The third-order valence-corrected chi connectivity index (χ3v) is 6.39. The van der Waals surface area contributed by atoms with Crippen LogP contribution in [0.25, 0.3) is 0 Å². The van der Waals surface area contributed by atoms with Crippen LogP contribution in [0.4, 0.5) is 0 Å². The second-order valence-electron chi connectivity index (χ2n) is 3.94. The van der Waals surface area contributed by atoms with Gasteiger partial charge >= 0.3 is 0 Å². The van der Waals surface area contributed by atoms with Crippen molar-refractivity contribution >= 4 is 48.9 Å². The number of nitrogens with zero attached hydrogens (tertiary/aromatic N) is 3. The predicted octanol–water partition coefficient (Wildman–Crippen LogP) is 2.72. The number of halogens is 2. The van der Waals surface area contributed by atoms with Crippen molar-refractivity contribution in [1.29, 1.82) is 0 Å². The van der Waals surface area contributed by atoms with Gasteiger partial charge in [-0.15, -0.1) is 11.3 Å². The zero-order valence-corrected chi connectivity index (χ0v) is 14.1. The molecule has 0 unspecified atom stereocenters. The van der Waals surface area contributed by atoms with E-state index in [0.717, 1.165) is 9.35 Å². The fraction of sp³-hybridized carbons (Fsp3) is 0.300. The Kier molecular flexibility index (Phi) is 4.36. The third-order valence-electron chi connectivity index (χ3n) is 2.52. The lowest BCUT2D eigenvalue weighted by molar-refractivity contribution is 0.458. The molecule has 0 atom stereocenters. The van der Waals surface area contributed by atoms with Crippen molar-refractivity contribution in [2.45, 2.75) is 11.6 Å². The molecule has 0 amide bonds. The van der Waals surface area contributed by atoms with Crippen LogP contribution in [0, 0.1) is 0 Å². The fourth-order valence-electron chi connectivity index (χ4n) is 1.61. The van der Waals surface area contributed by atoms with Crippen molar-refractivity contribution in [3.8, 4) is 0 Å². The average Bonchev–Trinajstić information content (AvgIpc) is 2.85. The number of sulfonamides is 1. The van der Waals surface area contributed by atoms with Gasteiger partial charge in [0.05, 0.1) is 15.0 Å². The Hall–Kier alpha value is -0.410. The molecule has 104 valence electrons. The number of hydrogen-bond acceptors (Lipinski definition) is 4. The quantitative estimate of drug-likeness (QED) is 0.814. The van der Waals surface area contributed by atoms with Gasteiger partial charge in [0.15, 0.2) is 5.03 Å². The normalized spacial score (nSPS) is 12.3. The van der Waals surface area contributed by atoms with E-state index in [-0.39, 0.29) is 16.6 Å². The maximum Gasteiger partial charge on any atom is 0.261 e. The van der Waals surface area contributed by atoms with Crippen LogP contribution >= 0.6 is 38.9 Å². The second kappa shape index (κ2) is 5.53. The number of rotatable bonds is 4. The monoisotopic (exact) mass is 383 g/mol. The first-order valence-corrected chi connectivity index (χ1v) is 8.68. The molecule has 2 aromatic heterocycles. The minimum atomic E-state index is -3.65. The molecule has 0 fully saturated rings. The lowest BCUT2D eigenvalue weighted by Gasteiger charge is -2.16. The zero-order valence-electron chi connectivity index (χ0n) is 10.2. The topological polar surface area (TPSA) is 55.2 Å². The van der Waals surface area contributed by atoms with Gasteiger partial charge in [-0.2, -0.15) is 9.40 Å². The summed E-state index contributed by atoms with van der Waals surface area (Å²) in [4.78, 5) is 0. The molecule has 0 aromatic carbocycles. The van der Waals surface area contributed by atoms with E-state index >= 15 is 0 Å². The fourth-order valence-corrected chi connectivity index (χ4v) is 4.56. The van der Waals surface area contributed by atoms with Crippen LogP contribution in [0.15, 0.2) is 26.5 Å². The van der Waals surface area contributed by atoms with Crippen molar-refractivity contribution in [2.75, 3.05) is 7.05 Å². The van der Waals surface area contributed by atoms with E-state index in [1.54, 1.807) is 7.05 Å². The van der Waals surface area contributed by atoms with Gasteiger partial charge < -0.3 is 0 Å². The molecule has 0 N–H and O–H groups in total. The van der Waals surface area contributed by atoms with E-state index in [1.165, 1.54) is 33.6 Å². The molecular formula is C10H11BrClN3O2S2. The van der Waals surface area contributed by atoms with Crippen molar-refractivity contribution in [1.82, 2.24) is 14.1 Å². The Balaban J connectivity index is 2.30. The molecule has 9 heteroatoms. The van der Waals surface area contributed by atoms with Crippen LogP contribution in [0.1, 0.15) is 5.56 Å². The maximum atomic E-state index is 12.4. The first-order chi connectivity index (χ1) is 8.82. The predicted molar refractivity (Wildman–Crippen MR) is 78.9 cm³/mol. The lowest BCUT2D eigenvalue weighted by atomic mass is 10.3. The van der Waals surface area contributed by atoms with Crippen molar-refractivity contribution in [3.63, 3.8) is 0 Å². The van der Waals surface area contributed by atoms with Gasteiger partial charge in [-0.05, 0) is 32.9 Å². The zero-order chi connectivity index (χ0) is 14.2. The third kappa shape index (κ3) is 3.03. The Morgan fingerprint density at radius 1 is 1.58 bits per heavy atom. The van der Waals surface area contributed by atoms with E-state index in [9.17, 15) is 8.42 Å². The summed E-state index contributed by atoms with van der Waals surface area (Å²) in [6, 6.07) is 1.89. The Morgan fingerprint density at radius 3 is 2.74 bits per heavy atom. The van der Waals surface area contributed by atoms with Gasteiger partial charge in [-0.25, -0.2) is 8.42 Å². The number of aryl methyl sites for hydroxylation is 1. The van der Waals surface area contributed by atoms with Crippen LogP contribution in [-0.4, -0.2) is 29.6 Å². The molecule has 2 heterocycles. The summed E-state index contributed by atoms with van der Waals surface area (Å²) in [5, 5.41) is 5.88. The molecule has 0 saturated carbocycles. The van der Waals surface area contributed by atoms with E-state index in [4.69, 9.17) is 11.6 Å². The van der Waals surface area contributed by atoms with E-state index in [0.29, 0.717) is 0 Å². The van der Waals surface area contributed by atoms with Gasteiger partial charge in [0.25, 0.3) is 10.0 Å². The van der Waals surface area contributed by atoms with Crippen molar-refractivity contribution < 1.29 is 8.42 Å².